The minimum absolute atomic E-state index is 0.626. The molecule has 0 heterocycles. The summed E-state index contributed by atoms with van der Waals surface area (Å²) in [5.41, 5.74) is 8.00. The third kappa shape index (κ3) is 2.91. The van der Waals surface area contributed by atoms with Gasteiger partial charge >= 0.3 is 0 Å². The van der Waals surface area contributed by atoms with Gasteiger partial charge in [-0.25, -0.2) is 0 Å². The highest BCUT2D eigenvalue weighted by Crippen LogP contribution is 2.37. The van der Waals surface area contributed by atoms with E-state index in [1.165, 1.54) is 18.4 Å². The number of benzene rings is 1. The normalized spacial score (nSPS) is 14.8. The molecule has 0 atom stereocenters. The Morgan fingerprint density at radius 3 is 2.24 bits per heavy atom. The first-order valence-corrected chi connectivity index (χ1v) is 6.22. The zero-order valence-electron chi connectivity index (χ0n) is 10.7. The fraction of sp³-hybridized carbons (Fsp3) is 0.571. The van der Waals surface area contributed by atoms with Crippen molar-refractivity contribution in [2.45, 2.75) is 25.7 Å². The molecule has 1 aliphatic carbocycles. The molecular weight excluding hydrogens is 214 g/mol. The van der Waals surface area contributed by atoms with Crippen molar-refractivity contribution in [3.63, 3.8) is 0 Å². The molecule has 3 heteroatoms. The topological polar surface area (TPSA) is 44.5 Å². The van der Waals surface area contributed by atoms with Crippen LogP contribution < -0.4 is 15.2 Å². The lowest BCUT2D eigenvalue weighted by atomic mass is 10.0. The van der Waals surface area contributed by atoms with E-state index in [4.69, 9.17) is 15.2 Å². The van der Waals surface area contributed by atoms with Crippen molar-refractivity contribution < 1.29 is 9.47 Å². The Bertz CT molecular complexity index is 386. The molecule has 1 aromatic carbocycles. The van der Waals surface area contributed by atoms with E-state index in [1.807, 2.05) is 0 Å². The fourth-order valence-corrected chi connectivity index (χ4v) is 2.17. The van der Waals surface area contributed by atoms with Gasteiger partial charge in [0, 0.05) is 0 Å². The minimum Gasteiger partial charge on any atom is -0.496 e. The van der Waals surface area contributed by atoms with Crippen molar-refractivity contribution in [2.24, 2.45) is 11.7 Å². The summed E-state index contributed by atoms with van der Waals surface area (Å²) < 4.78 is 10.9. The molecule has 0 unspecified atom stereocenters. The SMILES string of the molecule is COc1cc(CC2CC2)c(OC)cc1CCN. The van der Waals surface area contributed by atoms with Gasteiger partial charge in [-0.1, -0.05) is 0 Å². The van der Waals surface area contributed by atoms with E-state index >= 15 is 0 Å². The van der Waals surface area contributed by atoms with Crippen LogP contribution in [0.15, 0.2) is 12.1 Å². The maximum atomic E-state index is 5.61. The molecule has 2 rings (SSSR count). The number of hydrogen-bond acceptors (Lipinski definition) is 3. The van der Waals surface area contributed by atoms with Gasteiger partial charge < -0.3 is 15.2 Å². The van der Waals surface area contributed by atoms with Crippen LogP contribution in [0.1, 0.15) is 24.0 Å². The molecule has 0 radical (unpaired) electrons. The number of ether oxygens (including phenoxy) is 2. The highest BCUT2D eigenvalue weighted by molar-refractivity contribution is 5.47. The summed E-state index contributed by atoms with van der Waals surface area (Å²) in [5.74, 6) is 2.75. The average Bonchev–Trinajstić information content (AvgIpc) is 3.14. The number of rotatable bonds is 6. The van der Waals surface area contributed by atoms with Gasteiger partial charge in [-0.15, -0.1) is 0 Å². The standard InChI is InChI=1S/C14H21NO2/c1-16-13-9-12(7-10-3-4-10)14(17-2)8-11(13)5-6-15/h8-10H,3-7,15H2,1-2H3. The van der Waals surface area contributed by atoms with Crippen LogP contribution in [0.4, 0.5) is 0 Å². The average molecular weight is 235 g/mol. The Kier molecular flexibility index (Phi) is 3.89. The van der Waals surface area contributed by atoms with Crippen LogP contribution in [0.3, 0.4) is 0 Å². The molecule has 1 aliphatic rings. The molecule has 0 bridgehead atoms. The van der Waals surface area contributed by atoms with E-state index in [1.54, 1.807) is 14.2 Å². The molecule has 94 valence electrons. The summed E-state index contributed by atoms with van der Waals surface area (Å²) in [4.78, 5) is 0. The lowest BCUT2D eigenvalue weighted by Gasteiger charge is -2.14. The summed E-state index contributed by atoms with van der Waals surface area (Å²) >= 11 is 0. The first-order chi connectivity index (χ1) is 8.28. The van der Waals surface area contributed by atoms with Gasteiger partial charge in [-0.2, -0.15) is 0 Å². The van der Waals surface area contributed by atoms with Crippen LogP contribution >= 0.6 is 0 Å². The van der Waals surface area contributed by atoms with Crippen LogP contribution in [-0.4, -0.2) is 20.8 Å². The third-order valence-electron chi connectivity index (χ3n) is 3.30. The molecule has 0 saturated heterocycles. The molecule has 1 fully saturated rings. The van der Waals surface area contributed by atoms with Crippen molar-refractivity contribution in [2.75, 3.05) is 20.8 Å². The maximum Gasteiger partial charge on any atom is 0.122 e. The molecule has 1 saturated carbocycles. The molecule has 2 N–H and O–H groups in total. The molecule has 17 heavy (non-hydrogen) atoms. The highest BCUT2D eigenvalue weighted by atomic mass is 16.5. The highest BCUT2D eigenvalue weighted by Gasteiger charge is 2.23. The lowest BCUT2D eigenvalue weighted by Crippen LogP contribution is -2.06. The van der Waals surface area contributed by atoms with Gasteiger partial charge in [0.1, 0.15) is 11.5 Å². The molecule has 3 nitrogen and oxygen atoms in total. The number of nitrogens with two attached hydrogens (primary N) is 1. The quantitative estimate of drug-likeness (QED) is 0.821. The molecule has 1 aromatic rings. The zero-order valence-corrected chi connectivity index (χ0v) is 10.7. The van der Waals surface area contributed by atoms with Crippen LogP contribution in [-0.2, 0) is 12.8 Å². The van der Waals surface area contributed by atoms with Gasteiger partial charge in [0.2, 0.25) is 0 Å². The van der Waals surface area contributed by atoms with E-state index < -0.39 is 0 Å². The molecule has 0 aliphatic heterocycles. The first kappa shape index (κ1) is 12.2. The maximum absolute atomic E-state index is 5.61. The number of hydrogen-bond donors (Lipinski definition) is 1. The summed E-state index contributed by atoms with van der Waals surface area (Å²) in [6, 6.07) is 4.19. The third-order valence-corrected chi connectivity index (χ3v) is 3.30. The van der Waals surface area contributed by atoms with E-state index in [9.17, 15) is 0 Å². The van der Waals surface area contributed by atoms with Gasteiger partial charge in [-0.3, -0.25) is 0 Å². The summed E-state index contributed by atoms with van der Waals surface area (Å²) in [7, 11) is 3.44. The summed E-state index contributed by atoms with van der Waals surface area (Å²) in [5, 5.41) is 0. The van der Waals surface area contributed by atoms with Gasteiger partial charge in [-0.05, 0) is 61.4 Å². The Morgan fingerprint density at radius 2 is 1.71 bits per heavy atom. The monoisotopic (exact) mass is 235 g/mol. The minimum atomic E-state index is 0.626. The predicted molar refractivity (Wildman–Crippen MR) is 68.7 cm³/mol. The van der Waals surface area contributed by atoms with Crippen molar-refractivity contribution in [3.05, 3.63) is 23.3 Å². The summed E-state index contributed by atoms with van der Waals surface area (Å²) in [6.45, 7) is 0.626. The van der Waals surface area contributed by atoms with Gasteiger partial charge in [0.15, 0.2) is 0 Å². The smallest absolute Gasteiger partial charge is 0.122 e. The Hall–Kier alpha value is -1.22. The van der Waals surface area contributed by atoms with Crippen molar-refractivity contribution >= 4 is 0 Å². The van der Waals surface area contributed by atoms with Crippen molar-refractivity contribution in [3.8, 4) is 11.5 Å². The second kappa shape index (κ2) is 5.41. The van der Waals surface area contributed by atoms with Gasteiger partial charge in [0.25, 0.3) is 0 Å². The van der Waals surface area contributed by atoms with E-state index in [0.29, 0.717) is 6.54 Å². The second-order valence-corrected chi connectivity index (χ2v) is 4.66. The van der Waals surface area contributed by atoms with Crippen LogP contribution in [0.2, 0.25) is 0 Å². The van der Waals surface area contributed by atoms with E-state index in [2.05, 4.69) is 12.1 Å². The lowest BCUT2D eigenvalue weighted by molar-refractivity contribution is 0.394. The number of methoxy groups -OCH3 is 2. The fourth-order valence-electron chi connectivity index (χ4n) is 2.17. The van der Waals surface area contributed by atoms with Gasteiger partial charge in [0.05, 0.1) is 14.2 Å². The molecule has 0 amide bonds. The molecule has 0 spiro atoms. The van der Waals surface area contributed by atoms with Crippen molar-refractivity contribution in [1.29, 1.82) is 0 Å². The predicted octanol–water partition coefficient (Wildman–Crippen LogP) is 2.16. The zero-order chi connectivity index (χ0) is 12.3. The van der Waals surface area contributed by atoms with Crippen LogP contribution in [0.25, 0.3) is 0 Å². The first-order valence-electron chi connectivity index (χ1n) is 6.22. The van der Waals surface area contributed by atoms with Crippen LogP contribution in [0.5, 0.6) is 11.5 Å². The van der Waals surface area contributed by atoms with Crippen molar-refractivity contribution in [1.82, 2.24) is 0 Å². The Balaban J connectivity index is 2.29. The second-order valence-electron chi connectivity index (χ2n) is 4.66. The Labute approximate surface area is 103 Å². The molecular formula is C14H21NO2. The molecule has 0 aromatic heterocycles. The van der Waals surface area contributed by atoms with Crippen LogP contribution in [0, 0.1) is 5.92 Å². The summed E-state index contributed by atoms with van der Waals surface area (Å²) in [6.07, 6.45) is 4.61. The Morgan fingerprint density at radius 1 is 1.12 bits per heavy atom. The van der Waals surface area contributed by atoms with E-state index in [0.717, 1.165) is 35.8 Å². The largest absolute Gasteiger partial charge is 0.496 e. The van der Waals surface area contributed by atoms with E-state index in [-0.39, 0.29) is 0 Å².